The van der Waals surface area contributed by atoms with Crippen LogP contribution in [0.5, 0.6) is 0 Å². The Kier molecular flexibility index (Phi) is 4.08. The van der Waals surface area contributed by atoms with Crippen LogP contribution in [0.1, 0.15) is 56.1 Å². The molecule has 7 heteroatoms. The number of rotatable bonds is 4. The molecule has 1 saturated carbocycles. The molecule has 4 heterocycles. The molecule has 0 aromatic carbocycles. The normalized spacial score (nSPS) is 21.8. The van der Waals surface area contributed by atoms with Crippen molar-refractivity contribution in [1.82, 2.24) is 15.0 Å². The lowest BCUT2D eigenvalue weighted by Gasteiger charge is -2.21. The van der Waals surface area contributed by atoms with Gasteiger partial charge < -0.3 is 15.0 Å². The van der Waals surface area contributed by atoms with Crippen LogP contribution in [0.15, 0.2) is 18.3 Å². The minimum atomic E-state index is -0.114. The summed E-state index contributed by atoms with van der Waals surface area (Å²) in [5.41, 5.74) is 3.61. The van der Waals surface area contributed by atoms with Gasteiger partial charge in [-0.2, -0.15) is 0 Å². The predicted molar refractivity (Wildman–Crippen MR) is 106 cm³/mol. The van der Waals surface area contributed by atoms with E-state index in [4.69, 9.17) is 14.7 Å². The van der Waals surface area contributed by atoms with Crippen LogP contribution in [0.4, 0.5) is 17.3 Å². The number of aromatic nitrogens is 3. The Bertz CT molecular complexity index is 934. The van der Waals surface area contributed by atoms with Gasteiger partial charge in [0.25, 0.3) is 0 Å². The maximum Gasteiger partial charge on any atom is 0.222 e. The number of hydrogen-bond acceptors (Lipinski definition) is 6. The zero-order valence-electron chi connectivity index (χ0n) is 16.4. The van der Waals surface area contributed by atoms with E-state index in [0.717, 1.165) is 49.0 Å². The molecular weight excluding hydrogens is 354 g/mol. The van der Waals surface area contributed by atoms with Crippen molar-refractivity contribution in [2.45, 2.75) is 50.9 Å². The molecule has 1 N–H and O–H groups in total. The first-order valence-electron chi connectivity index (χ1n) is 10.1. The van der Waals surface area contributed by atoms with E-state index in [2.05, 4.69) is 28.2 Å². The van der Waals surface area contributed by atoms with Crippen molar-refractivity contribution in [2.24, 2.45) is 0 Å². The first-order valence-corrected chi connectivity index (χ1v) is 10.1. The van der Waals surface area contributed by atoms with Crippen LogP contribution in [-0.4, -0.2) is 40.6 Å². The van der Waals surface area contributed by atoms with Crippen molar-refractivity contribution < 1.29 is 9.53 Å². The fraction of sp³-hybridized carbons (Fsp3) is 0.524. The molecule has 2 aromatic heterocycles. The van der Waals surface area contributed by atoms with Gasteiger partial charge in [0.2, 0.25) is 5.91 Å². The van der Waals surface area contributed by atoms with Gasteiger partial charge in [-0.25, -0.2) is 15.0 Å². The number of fused-ring (bicyclic) bond motifs is 2. The highest BCUT2D eigenvalue weighted by molar-refractivity contribution is 5.89. The summed E-state index contributed by atoms with van der Waals surface area (Å²) in [6.45, 7) is 6.02. The molecule has 1 amide bonds. The molecule has 1 unspecified atom stereocenters. The number of hydrogen-bond donors (Lipinski definition) is 1. The number of amides is 1. The van der Waals surface area contributed by atoms with Gasteiger partial charge in [0.1, 0.15) is 17.5 Å². The molecule has 1 saturated heterocycles. The van der Waals surface area contributed by atoms with Crippen LogP contribution in [-0.2, 0) is 21.4 Å². The third-order valence-corrected chi connectivity index (χ3v) is 6.08. The van der Waals surface area contributed by atoms with E-state index in [9.17, 15) is 4.79 Å². The summed E-state index contributed by atoms with van der Waals surface area (Å²) in [4.78, 5) is 28.0. The molecule has 3 aliphatic rings. The molecule has 7 nitrogen and oxygen atoms in total. The first kappa shape index (κ1) is 17.6. The van der Waals surface area contributed by atoms with Crippen LogP contribution >= 0.6 is 0 Å². The molecule has 5 rings (SSSR count). The van der Waals surface area contributed by atoms with Gasteiger partial charge in [-0.3, -0.25) is 4.79 Å². The summed E-state index contributed by atoms with van der Waals surface area (Å²) >= 11 is 0. The minimum absolute atomic E-state index is 0.114. The zero-order chi connectivity index (χ0) is 19.3. The van der Waals surface area contributed by atoms with E-state index in [1.54, 1.807) is 0 Å². The van der Waals surface area contributed by atoms with Gasteiger partial charge in [-0.1, -0.05) is 6.92 Å². The second-order valence-electron chi connectivity index (χ2n) is 8.12. The Labute approximate surface area is 164 Å². The summed E-state index contributed by atoms with van der Waals surface area (Å²) in [5.74, 6) is 2.58. The Morgan fingerprint density at radius 1 is 1.36 bits per heavy atom. The molecule has 0 bridgehead atoms. The maximum atomic E-state index is 11.5. The topological polar surface area (TPSA) is 80.2 Å². The second-order valence-corrected chi connectivity index (χ2v) is 8.12. The van der Waals surface area contributed by atoms with Gasteiger partial charge in [0.05, 0.1) is 12.3 Å². The highest BCUT2D eigenvalue weighted by Gasteiger charge is 2.52. The molecular formula is C21H25N5O2. The standard InChI is InChI=1S/C21H25N5O2/c1-3-15-8-19(25-20(24-15)14-4-7-28-11-14)26-12-21(5-6-21)16-10-22-18(9-17(16)26)23-13(2)27/h8-10,14H,3-7,11-12H2,1-2H3,(H,22,23,27). The summed E-state index contributed by atoms with van der Waals surface area (Å²) in [5, 5.41) is 2.81. The highest BCUT2D eigenvalue weighted by atomic mass is 16.5. The first-order chi connectivity index (χ1) is 13.6. The summed E-state index contributed by atoms with van der Waals surface area (Å²) in [6.07, 6.45) is 6.12. The molecule has 1 atom stereocenters. The fourth-order valence-electron chi connectivity index (χ4n) is 4.32. The molecule has 28 heavy (non-hydrogen) atoms. The third kappa shape index (κ3) is 2.94. The Morgan fingerprint density at radius 3 is 2.89 bits per heavy atom. The SMILES string of the molecule is CCc1cc(N2CC3(CC3)c3cnc(NC(C)=O)cc32)nc(C2CCOC2)n1. The van der Waals surface area contributed by atoms with Gasteiger partial charge in [0.15, 0.2) is 0 Å². The average Bonchev–Trinajstić information content (AvgIpc) is 3.13. The largest absolute Gasteiger partial charge is 0.381 e. The molecule has 1 spiro atoms. The summed E-state index contributed by atoms with van der Waals surface area (Å²) in [7, 11) is 0. The van der Waals surface area contributed by atoms with Crippen LogP contribution in [0, 0.1) is 0 Å². The van der Waals surface area contributed by atoms with Crippen molar-refractivity contribution in [2.75, 3.05) is 30.0 Å². The van der Waals surface area contributed by atoms with Gasteiger partial charge in [0, 0.05) is 61.0 Å². The number of pyridine rings is 1. The zero-order valence-corrected chi connectivity index (χ0v) is 16.4. The predicted octanol–water partition coefficient (Wildman–Crippen LogP) is 3.08. The number of ether oxygens (including phenoxy) is 1. The quantitative estimate of drug-likeness (QED) is 0.879. The van der Waals surface area contributed by atoms with Crippen molar-refractivity contribution in [3.05, 3.63) is 35.4 Å². The lowest BCUT2D eigenvalue weighted by atomic mass is 10.0. The number of nitrogens with one attached hydrogen (secondary N) is 1. The Balaban J connectivity index is 1.57. The Hall–Kier alpha value is -2.54. The second kappa shape index (κ2) is 6.51. The molecule has 2 fully saturated rings. The van der Waals surface area contributed by atoms with Gasteiger partial charge in [-0.15, -0.1) is 0 Å². The van der Waals surface area contributed by atoms with Gasteiger partial charge in [-0.05, 0) is 25.7 Å². The van der Waals surface area contributed by atoms with Crippen molar-refractivity contribution in [1.29, 1.82) is 0 Å². The monoisotopic (exact) mass is 379 g/mol. The van der Waals surface area contributed by atoms with E-state index in [-0.39, 0.29) is 17.2 Å². The molecule has 146 valence electrons. The minimum Gasteiger partial charge on any atom is -0.381 e. The smallest absolute Gasteiger partial charge is 0.222 e. The average molecular weight is 379 g/mol. The lowest BCUT2D eigenvalue weighted by molar-refractivity contribution is -0.114. The number of carbonyl (C=O) groups excluding carboxylic acids is 1. The summed E-state index contributed by atoms with van der Waals surface area (Å²) in [6, 6.07) is 4.08. The van der Waals surface area contributed by atoms with E-state index in [1.807, 2.05) is 12.3 Å². The Morgan fingerprint density at radius 2 is 2.21 bits per heavy atom. The lowest BCUT2D eigenvalue weighted by Crippen LogP contribution is -2.22. The third-order valence-electron chi connectivity index (χ3n) is 6.08. The van der Waals surface area contributed by atoms with Crippen LogP contribution in [0.3, 0.4) is 0 Å². The maximum absolute atomic E-state index is 11.5. The summed E-state index contributed by atoms with van der Waals surface area (Å²) < 4.78 is 5.56. The molecule has 2 aromatic rings. The van der Waals surface area contributed by atoms with E-state index in [1.165, 1.54) is 25.3 Å². The van der Waals surface area contributed by atoms with Crippen LogP contribution < -0.4 is 10.2 Å². The number of anilines is 3. The van der Waals surface area contributed by atoms with Crippen molar-refractivity contribution in [3.8, 4) is 0 Å². The van der Waals surface area contributed by atoms with E-state index in [0.29, 0.717) is 12.4 Å². The van der Waals surface area contributed by atoms with E-state index < -0.39 is 0 Å². The van der Waals surface area contributed by atoms with Crippen molar-refractivity contribution >= 4 is 23.2 Å². The number of carbonyl (C=O) groups is 1. The highest BCUT2D eigenvalue weighted by Crippen LogP contribution is 2.58. The number of nitrogens with zero attached hydrogens (tertiary/aromatic N) is 4. The fourth-order valence-corrected chi connectivity index (χ4v) is 4.32. The molecule has 2 aliphatic heterocycles. The van der Waals surface area contributed by atoms with E-state index >= 15 is 0 Å². The molecule has 1 aliphatic carbocycles. The van der Waals surface area contributed by atoms with Crippen LogP contribution in [0.25, 0.3) is 0 Å². The molecule has 0 radical (unpaired) electrons. The van der Waals surface area contributed by atoms with Crippen molar-refractivity contribution in [3.63, 3.8) is 0 Å². The number of aryl methyl sites for hydroxylation is 1. The van der Waals surface area contributed by atoms with Crippen LogP contribution in [0.2, 0.25) is 0 Å². The van der Waals surface area contributed by atoms with Gasteiger partial charge >= 0.3 is 0 Å².